The van der Waals surface area contributed by atoms with E-state index in [2.05, 4.69) is 12.6 Å². The van der Waals surface area contributed by atoms with Gasteiger partial charge in [0, 0.05) is 19.3 Å². The molecule has 1 heterocycles. The number of imidazole rings is 1. The van der Waals surface area contributed by atoms with E-state index in [1.54, 1.807) is 7.05 Å². The predicted molar refractivity (Wildman–Crippen MR) is 54.3 cm³/mol. The molecule has 0 aliphatic rings. The Bertz CT molecular complexity index is 354. The molecular formula is C8H14N2O2S. The van der Waals surface area contributed by atoms with Crippen molar-refractivity contribution in [1.29, 1.82) is 0 Å². The van der Waals surface area contributed by atoms with Crippen LogP contribution in [0.5, 0.6) is 5.88 Å². The molecule has 5 heteroatoms. The van der Waals surface area contributed by atoms with Crippen LogP contribution in [0, 0.1) is 0 Å². The summed E-state index contributed by atoms with van der Waals surface area (Å²) >= 11 is 4.05. The fourth-order valence-electron chi connectivity index (χ4n) is 1.29. The number of aromatic hydroxyl groups is 1. The topological polar surface area (TPSA) is 47.2 Å². The van der Waals surface area contributed by atoms with Gasteiger partial charge in [0.05, 0.1) is 5.69 Å². The van der Waals surface area contributed by atoms with Crippen LogP contribution in [0.1, 0.15) is 19.0 Å². The highest BCUT2D eigenvalue weighted by molar-refractivity contribution is 7.79. The monoisotopic (exact) mass is 202 g/mol. The molecule has 0 aliphatic heterocycles. The Kier molecular flexibility index (Phi) is 3.08. The lowest BCUT2D eigenvalue weighted by Gasteiger charge is -1.99. The van der Waals surface area contributed by atoms with Crippen molar-refractivity contribution < 1.29 is 5.11 Å². The van der Waals surface area contributed by atoms with Gasteiger partial charge < -0.3 is 5.11 Å². The van der Waals surface area contributed by atoms with Gasteiger partial charge in [0.25, 0.3) is 0 Å². The Morgan fingerprint density at radius 2 is 2.15 bits per heavy atom. The van der Waals surface area contributed by atoms with Gasteiger partial charge in [-0.05, 0) is 6.42 Å². The van der Waals surface area contributed by atoms with E-state index in [0.29, 0.717) is 18.0 Å². The van der Waals surface area contributed by atoms with Crippen molar-refractivity contribution in [3.8, 4) is 5.88 Å². The van der Waals surface area contributed by atoms with Crippen LogP contribution in [-0.2, 0) is 19.3 Å². The molecule has 0 amide bonds. The van der Waals surface area contributed by atoms with Crippen molar-refractivity contribution in [2.24, 2.45) is 7.05 Å². The highest BCUT2D eigenvalue weighted by atomic mass is 32.1. The first-order valence-corrected chi connectivity index (χ1v) is 4.84. The van der Waals surface area contributed by atoms with Crippen molar-refractivity contribution in [3.63, 3.8) is 0 Å². The molecule has 0 unspecified atom stereocenters. The van der Waals surface area contributed by atoms with E-state index < -0.39 is 0 Å². The smallest absolute Gasteiger partial charge is 0.331 e. The van der Waals surface area contributed by atoms with Gasteiger partial charge in [-0.1, -0.05) is 6.92 Å². The molecule has 1 aromatic heterocycles. The summed E-state index contributed by atoms with van der Waals surface area (Å²) in [5.41, 5.74) is 0.394. The van der Waals surface area contributed by atoms with Crippen molar-refractivity contribution in [2.75, 3.05) is 0 Å². The lowest BCUT2D eigenvalue weighted by Crippen LogP contribution is -2.22. The van der Waals surface area contributed by atoms with Crippen LogP contribution in [0.4, 0.5) is 0 Å². The van der Waals surface area contributed by atoms with E-state index >= 15 is 0 Å². The molecule has 0 radical (unpaired) electrons. The third-order valence-corrected chi connectivity index (χ3v) is 2.33. The largest absolute Gasteiger partial charge is 0.493 e. The summed E-state index contributed by atoms with van der Waals surface area (Å²) in [6, 6.07) is 0. The molecule has 13 heavy (non-hydrogen) atoms. The molecule has 1 rings (SSSR count). The molecule has 0 saturated carbocycles. The fourth-order valence-corrected chi connectivity index (χ4v) is 1.65. The van der Waals surface area contributed by atoms with Gasteiger partial charge in [-0.25, -0.2) is 4.79 Å². The Morgan fingerprint density at radius 1 is 1.54 bits per heavy atom. The summed E-state index contributed by atoms with van der Waals surface area (Å²) in [4.78, 5) is 11.5. The van der Waals surface area contributed by atoms with Crippen LogP contribution in [-0.4, -0.2) is 14.2 Å². The maximum atomic E-state index is 11.5. The number of aromatic nitrogens is 2. The van der Waals surface area contributed by atoms with Crippen LogP contribution in [0.25, 0.3) is 0 Å². The van der Waals surface area contributed by atoms with E-state index in [0.717, 1.165) is 6.42 Å². The summed E-state index contributed by atoms with van der Waals surface area (Å²) < 4.78 is 2.80. The van der Waals surface area contributed by atoms with Gasteiger partial charge >= 0.3 is 5.69 Å². The zero-order valence-electron chi connectivity index (χ0n) is 7.82. The molecule has 1 aromatic rings. The van der Waals surface area contributed by atoms with E-state index in [-0.39, 0.29) is 11.6 Å². The average molecular weight is 202 g/mol. The number of nitrogens with zero attached hydrogens (tertiary/aromatic N) is 2. The summed E-state index contributed by atoms with van der Waals surface area (Å²) in [6.07, 6.45) is 0.823. The van der Waals surface area contributed by atoms with Crippen LogP contribution in [0.3, 0.4) is 0 Å². The molecule has 0 atom stereocenters. The zero-order chi connectivity index (χ0) is 10.0. The minimum atomic E-state index is -0.177. The highest BCUT2D eigenvalue weighted by Gasteiger charge is 2.14. The molecule has 0 bridgehead atoms. The number of rotatable bonds is 3. The van der Waals surface area contributed by atoms with E-state index in [1.807, 2.05) is 6.92 Å². The molecule has 0 spiro atoms. The third-order valence-electron chi connectivity index (χ3n) is 2.03. The molecule has 0 aliphatic carbocycles. The van der Waals surface area contributed by atoms with Crippen molar-refractivity contribution >= 4 is 12.6 Å². The molecule has 0 aromatic carbocycles. The van der Waals surface area contributed by atoms with Crippen LogP contribution in [0.2, 0.25) is 0 Å². The standard InChI is InChI=1S/C8H14N2O2S/c1-3-4-10-7(11)6(5-13)9(2)8(10)12/h11,13H,3-5H2,1-2H3. The molecule has 4 nitrogen and oxygen atoms in total. The van der Waals surface area contributed by atoms with E-state index in [9.17, 15) is 9.90 Å². The van der Waals surface area contributed by atoms with E-state index in [1.165, 1.54) is 9.13 Å². The second-order valence-electron chi connectivity index (χ2n) is 2.92. The van der Waals surface area contributed by atoms with Crippen LogP contribution in [0.15, 0.2) is 4.79 Å². The quantitative estimate of drug-likeness (QED) is 0.710. The second kappa shape index (κ2) is 3.91. The van der Waals surface area contributed by atoms with Crippen molar-refractivity contribution in [2.45, 2.75) is 25.6 Å². The third kappa shape index (κ3) is 1.60. The highest BCUT2D eigenvalue weighted by Crippen LogP contribution is 2.16. The number of hydrogen-bond acceptors (Lipinski definition) is 3. The number of thiol groups is 1. The van der Waals surface area contributed by atoms with Crippen molar-refractivity contribution in [1.82, 2.24) is 9.13 Å². The Balaban J connectivity index is 3.28. The van der Waals surface area contributed by atoms with Gasteiger partial charge in [-0.2, -0.15) is 12.6 Å². The fraction of sp³-hybridized carbons (Fsp3) is 0.625. The Morgan fingerprint density at radius 3 is 2.54 bits per heavy atom. The lowest BCUT2D eigenvalue weighted by atomic mass is 10.4. The maximum absolute atomic E-state index is 11.5. The predicted octanol–water partition coefficient (Wildman–Crippen LogP) is 0.732. The Labute approximate surface area is 82.2 Å². The molecular weight excluding hydrogens is 188 g/mol. The second-order valence-corrected chi connectivity index (χ2v) is 3.24. The molecule has 0 fully saturated rings. The normalized spacial score (nSPS) is 10.7. The first kappa shape index (κ1) is 10.2. The van der Waals surface area contributed by atoms with Crippen molar-refractivity contribution in [3.05, 3.63) is 16.2 Å². The molecule has 1 N–H and O–H groups in total. The molecule has 74 valence electrons. The summed E-state index contributed by atoms with van der Waals surface area (Å²) in [5.74, 6) is 0.415. The summed E-state index contributed by atoms with van der Waals surface area (Å²) in [7, 11) is 1.64. The van der Waals surface area contributed by atoms with Gasteiger partial charge in [-0.15, -0.1) is 0 Å². The van der Waals surface area contributed by atoms with Gasteiger partial charge in [-0.3, -0.25) is 9.13 Å². The van der Waals surface area contributed by atoms with Gasteiger partial charge in [0.15, 0.2) is 0 Å². The van der Waals surface area contributed by atoms with E-state index in [4.69, 9.17) is 0 Å². The van der Waals surface area contributed by atoms with Gasteiger partial charge in [0.2, 0.25) is 5.88 Å². The maximum Gasteiger partial charge on any atom is 0.331 e. The zero-order valence-corrected chi connectivity index (χ0v) is 8.71. The average Bonchev–Trinajstić information content (AvgIpc) is 2.31. The minimum absolute atomic E-state index is 0.0457. The number of hydrogen-bond donors (Lipinski definition) is 2. The minimum Gasteiger partial charge on any atom is -0.493 e. The summed E-state index contributed by atoms with van der Waals surface area (Å²) in [5, 5.41) is 9.61. The Hall–Kier alpha value is -0.840. The van der Waals surface area contributed by atoms with Crippen LogP contribution >= 0.6 is 12.6 Å². The summed E-state index contributed by atoms with van der Waals surface area (Å²) in [6.45, 7) is 2.51. The van der Waals surface area contributed by atoms with Gasteiger partial charge in [0.1, 0.15) is 0 Å². The van der Waals surface area contributed by atoms with Crippen LogP contribution < -0.4 is 5.69 Å². The first-order valence-electron chi connectivity index (χ1n) is 4.21. The first-order chi connectivity index (χ1) is 6.13. The molecule has 0 saturated heterocycles. The SMILES string of the molecule is CCCn1c(O)c(CS)n(C)c1=O. The lowest BCUT2D eigenvalue weighted by molar-refractivity contribution is 0.408.